The van der Waals surface area contributed by atoms with Crippen LogP contribution in [0.1, 0.15) is 27.0 Å². The minimum absolute atomic E-state index is 0.0357. The van der Waals surface area contributed by atoms with Gasteiger partial charge in [-0.1, -0.05) is 11.8 Å². The Labute approximate surface area is 93.7 Å². The Bertz CT molecular complexity index is 412. The van der Waals surface area contributed by atoms with Crippen molar-refractivity contribution in [2.45, 2.75) is 13.8 Å². The number of aryl methyl sites for hydroxylation is 1. The quantitative estimate of drug-likeness (QED) is 0.737. The minimum Gasteiger partial charge on any atom is -0.352 e. The van der Waals surface area contributed by atoms with Crippen LogP contribution in [-0.4, -0.2) is 19.0 Å². The van der Waals surface area contributed by atoms with Gasteiger partial charge in [0.15, 0.2) is 0 Å². The summed E-state index contributed by atoms with van der Waals surface area (Å²) in [6.45, 7) is 4.82. The first-order chi connectivity index (χ1) is 7.19. The van der Waals surface area contributed by atoms with Crippen molar-refractivity contribution in [3.63, 3.8) is 0 Å². The van der Waals surface area contributed by atoms with Gasteiger partial charge in [0.1, 0.15) is 0 Å². The Morgan fingerprint density at radius 1 is 1.67 bits per heavy atom. The molecule has 3 N–H and O–H groups in total. The molecule has 0 atom stereocenters. The number of nitrogens with one attached hydrogen (secondary N) is 1. The van der Waals surface area contributed by atoms with Gasteiger partial charge in [0.25, 0.3) is 5.91 Å². The standard InChI is InChI=1S/C11H14N2OS/c1-3-13-11(14)10-7-8(2)9(15-10)5-4-6-12/h7H,3,6,12H2,1-2H3,(H,13,14). The molecule has 80 valence electrons. The maximum atomic E-state index is 11.5. The molecule has 15 heavy (non-hydrogen) atoms. The first kappa shape index (κ1) is 11.8. The number of hydrogen-bond donors (Lipinski definition) is 2. The SMILES string of the molecule is CCNC(=O)c1cc(C)c(C#CCN)s1. The summed E-state index contributed by atoms with van der Waals surface area (Å²) in [4.78, 5) is 13.1. The fraction of sp³-hybridized carbons (Fsp3) is 0.364. The molecule has 1 amide bonds. The van der Waals surface area contributed by atoms with Crippen LogP contribution in [0.25, 0.3) is 0 Å². The zero-order chi connectivity index (χ0) is 11.3. The molecule has 1 aromatic rings. The van der Waals surface area contributed by atoms with Crippen molar-refractivity contribution in [1.82, 2.24) is 5.32 Å². The van der Waals surface area contributed by atoms with Gasteiger partial charge in [0.05, 0.1) is 16.3 Å². The molecular weight excluding hydrogens is 208 g/mol. The van der Waals surface area contributed by atoms with Gasteiger partial charge < -0.3 is 11.1 Å². The van der Waals surface area contributed by atoms with E-state index in [4.69, 9.17) is 5.73 Å². The number of amides is 1. The van der Waals surface area contributed by atoms with Crippen LogP contribution >= 0.6 is 11.3 Å². The van der Waals surface area contributed by atoms with Crippen LogP contribution in [0.4, 0.5) is 0 Å². The molecule has 3 nitrogen and oxygen atoms in total. The number of thiophene rings is 1. The van der Waals surface area contributed by atoms with E-state index < -0.39 is 0 Å². The van der Waals surface area contributed by atoms with Gasteiger partial charge in [0.2, 0.25) is 0 Å². The molecule has 0 aliphatic carbocycles. The topological polar surface area (TPSA) is 55.1 Å². The summed E-state index contributed by atoms with van der Waals surface area (Å²) in [6, 6.07) is 1.86. The lowest BCUT2D eigenvalue weighted by Gasteiger charge is -1.96. The van der Waals surface area contributed by atoms with Crippen molar-refractivity contribution >= 4 is 17.2 Å². The monoisotopic (exact) mass is 222 g/mol. The number of carbonyl (C=O) groups is 1. The van der Waals surface area contributed by atoms with Crippen LogP contribution < -0.4 is 11.1 Å². The smallest absolute Gasteiger partial charge is 0.261 e. The van der Waals surface area contributed by atoms with Crippen molar-refractivity contribution in [2.24, 2.45) is 5.73 Å². The van der Waals surface area contributed by atoms with E-state index in [9.17, 15) is 4.79 Å². The average molecular weight is 222 g/mol. The second-order valence-electron chi connectivity index (χ2n) is 2.99. The lowest BCUT2D eigenvalue weighted by Crippen LogP contribution is -2.21. The molecule has 0 saturated carbocycles. The molecule has 0 unspecified atom stereocenters. The molecule has 0 aliphatic rings. The molecule has 0 radical (unpaired) electrons. The molecule has 1 rings (SSSR count). The highest BCUT2D eigenvalue weighted by Gasteiger charge is 2.09. The lowest BCUT2D eigenvalue weighted by atomic mass is 10.2. The van der Waals surface area contributed by atoms with E-state index >= 15 is 0 Å². The molecule has 0 aliphatic heterocycles. The molecule has 0 spiro atoms. The summed E-state index contributed by atoms with van der Waals surface area (Å²) in [5, 5.41) is 2.76. The second-order valence-corrected chi connectivity index (χ2v) is 4.04. The molecule has 0 saturated heterocycles. The molecule has 4 heteroatoms. The fourth-order valence-electron chi connectivity index (χ4n) is 1.10. The third kappa shape index (κ3) is 3.08. The van der Waals surface area contributed by atoms with E-state index in [0.717, 1.165) is 10.4 Å². The van der Waals surface area contributed by atoms with Crippen LogP contribution in [0.5, 0.6) is 0 Å². The first-order valence-corrected chi connectivity index (χ1v) is 5.58. The Kier molecular flexibility index (Phi) is 4.35. The molecule has 0 fully saturated rings. The predicted octanol–water partition coefficient (Wildman–Crippen LogP) is 1.12. The third-order valence-electron chi connectivity index (χ3n) is 1.78. The zero-order valence-electron chi connectivity index (χ0n) is 8.89. The van der Waals surface area contributed by atoms with Crippen molar-refractivity contribution < 1.29 is 4.79 Å². The van der Waals surface area contributed by atoms with E-state index in [0.29, 0.717) is 18.0 Å². The van der Waals surface area contributed by atoms with Gasteiger partial charge in [0, 0.05) is 6.54 Å². The maximum Gasteiger partial charge on any atom is 0.261 e. The molecule has 1 heterocycles. The average Bonchev–Trinajstić information content (AvgIpc) is 2.57. The summed E-state index contributed by atoms with van der Waals surface area (Å²) in [5.41, 5.74) is 6.32. The van der Waals surface area contributed by atoms with Gasteiger partial charge in [-0.25, -0.2) is 0 Å². The van der Waals surface area contributed by atoms with Crippen molar-refractivity contribution in [3.05, 3.63) is 21.4 Å². The van der Waals surface area contributed by atoms with Crippen LogP contribution in [0, 0.1) is 18.8 Å². The largest absolute Gasteiger partial charge is 0.352 e. The van der Waals surface area contributed by atoms with Gasteiger partial charge in [-0.2, -0.15) is 0 Å². The molecule has 0 aromatic carbocycles. The Morgan fingerprint density at radius 2 is 2.40 bits per heavy atom. The van der Waals surface area contributed by atoms with E-state index in [-0.39, 0.29) is 5.91 Å². The Morgan fingerprint density at radius 3 is 3.00 bits per heavy atom. The van der Waals surface area contributed by atoms with Crippen LogP contribution in [0.3, 0.4) is 0 Å². The Balaban J connectivity index is 2.90. The highest BCUT2D eigenvalue weighted by molar-refractivity contribution is 7.14. The number of rotatable bonds is 2. The van der Waals surface area contributed by atoms with Crippen molar-refractivity contribution in [2.75, 3.05) is 13.1 Å². The van der Waals surface area contributed by atoms with E-state index in [1.165, 1.54) is 11.3 Å². The maximum absolute atomic E-state index is 11.5. The van der Waals surface area contributed by atoms with Gasteiger partial charge in [-0.15, -0.1) is 11.3 Å². The van der Waals surface area contributed by atoms with Crippen molar-refractivity contribution in [3.8, 4) is 11.8 Å². The van der Waals surface area contributed by atoms with Gasteiger partial charge in [-0.3, -0.25) is 4.79 Å². The van der Waals surface area contributed by atoms with E-state index in [2.05, 4.69) is 17.2 Å². The minimum atomic E-state index is -0.0357. The summed E-state index contributed by atoms with van der Waals surface area (Å²) < 4.78 is 0. The lowest BCUT2D eigenvalue weighted by molar-refractivity contribution is 0.0960. The number of nitrogens with two attached hydrogens (primary N) is 1. The highest BCUT2D eigenvalue weighted by atomic mass is 32.1. The fourth-order valence-corrected chi connectivity index (χ4v) is 2.06. The summed E-state index contributed by atoms with van der Waals surface area (Å²) in [5.74, 6) is 5.70. The number of hydrogen-bond acceptors (Lipinski definition) is 3. The first-order valence-electron chi connectivity index (χ1n) is 4.76. The van der Waals surface area contributed by atoms with Gasteiger partial charge in [-0.05, 0) is 25.5 Å². The summed E-state index contributed by atoms with van der Waals surface area (Å²) in [6.07, 6.45) is 0. The third-order valence-corrected chi connectivity index (χ3v) is 2.93. The molecule has 0 bridgehead atoms. The number of carbonyl (C=O) groups excluding carboxylic acids is 1. The highest BCUT2D eigenvalue weighted by Crippen LogP contribution is 2.20. The van der Waals surface area contributed by atoms with Gasteiger partial charge >= 0.3 is 0 Å². The molecular formula is C11H14N2OS. The van der Waals surface area contributed by atoms with Crippen LogP contribution in [0.2, 0.25) is 0 Å². The van der Waals surface area contributed by atoms with E-state index in [1.54, 1.807) is 0 Å². The second kappa shape index (κ2) is 5.54. The predicted molar refractivity (Wildman–Crippen MR) is 63.0 cm³/mol. The Hall–Kier alpha value is -1.31. The van der Waals surface area contributed by atoms with E-state index in [1.807, 2.05) is 19.9 Å². The summed E-state index contributed by atoms with van der Waals surface area (Å²) >= 11 is 1.41. The molecule has 1 aromatic heterocycles. The zero-order valence-corrected chi connectivity index (χ0v) is 9.70. The van der Waals surface area contributed by atoms with Crippen LogP contribution in [-0.2, 0) is 0 Å². The summed E-state index contributed by atoms with van der Waals surface area (Å²) in [7, 11) is 0. The van der Waals surface area contributed by atoms with Crippen molar-refractivity contribution in [1.29, 1.82) is 0 Å². The normalized spacial score (nSPS) is 9.27. The van der Waals surface area contributed by atoms with Crippen LogP contribution in [0.15, 0.2) is 6.07 Å².